The highest BCUT2D eigenvalue weighted by molar-refractivity contribution is 5.26. The summed E-state index contributed by atoms with van der Waals surface area (Å²) in [5.41, 5.74) is 2.34. The Morgan fingerprint density at radius 1 is 1.22 bits per heavy atom. The molecule has 0 fully saturated rings. The second-order valence-corrected chi connectivity index (χ2v) is 5.77. The lowest BCUT2D eigenvalue weighted by molar-refractivity contribution is 0.473. The lowest BCUT2D eigenvalue weighted by Crippen LogP contribution is -2.22. The van der Waals surface area contributed by atoms with Crippen LogP contribution in [0.3, 0.4) is 0 Å². The molecular weight excluding hydrogens is 225 g/mol. The second kappa shape index (κ2) is 7.52. The monoisotopic (exact) mass is 251 g/mol. The van der Waals surface area contributed by atoms with Crippen LogP contribution in [0.1, 0.15) is 38.3 Å². The molecule has 0 heterocycles. The first kappa shape index (κ1) is 15.2. The molecule has 0 saturated heterocycles. The average molecular weight is 251 g/mol. The van der Waals surface area contributed by atoms with Gasteiger partial charge in [0.05, 0.1) is 0 Å². The number of benzene rings is 1. The normalized spacial score (nSPS) is 13.0. The highest BCUT2D eigenvalue weighted by Crippen LogP contribution is 2.16. The van der Waals surface area contributed by atoms with Crippen LogP contribution in [0.2, 0.25) is 0 Å². The maximum absolute atomic E-state index is 13.2. The van der Waals surface area contributed by atoms with Crippen LogP contribution in [0, 0.1) is 24.6 Å². The predicted octanol–water partition coefficient (Wildman–Crippen LogP) is 3.95. The molecule has 1 aromatic carbocycles. The first-order chi connectivity index (χ1) is 8.49. The largest absolute Gasteiger partial charge is 0.316 e. The molecule has 0 amide bonds. The maximum atomic E-state index is 13.2. The number of halogens is 1. The molecule has 1 aromatic rings. The first-order valence-corrected chi connectivity index (χ1v) is 6.94. The molecule has 1 nitrogen and oxygen atoms in total. The quantitative estimate of drug-likeness (QED) is 0.724. The van der Waals surface area contributed by atoms with Crippen LogP contribution in [0.4, 0.5) is 4.39 Å². The summed E-state index contributed by atoms with van der Waals surface area (Å²) in [6.45, 7) is 10.8. The minimum Gasteiger partial charge on any atom is -0.316 e. The Kier molecular flexibility index (Phi) is 6.34. The molecule has 0 spiro atoms. The molecule has 0 aliphatic rings. The summed E-state index contributed by atoms with van der Waals surface area (Å²) in [5.74, 6) is 1.16. The first-order valence-electron chi connectivity index (χ1n) is 6.94. The number of hydrogen-bond donors (Lipinski definition) is 1. The van der Waals surface area contributed by atoms with Crippen LogP contribution in [0.25, 0.3) is 0 Å². The molecule has 1 N–H and O–H groups in total. The molecule has 1 atom stereocenters. The molecule has 0 saturated carbocycles. The minimum absolute atomic E-state index is 0.124. The van der Waals surface area contributed by atoms with Crippen molar-refractivity contribution in [3.8, 4) is 0 Å². The molecule has 0 radical (unpaired) electrons. The van der Waals surface area contributed by atoms with Crippen molar-refractivity contribution in [1.82, 2.24) is 5.32 Å². The highest BCUT2D eigenvalue weighted by Gasteiger charge is 2.07. The molecule has 2 heteroatoms. The van der Waals surface area contributed by atoms with E-state index >= 15 is 0 Å². The van der Waals surface area contributed by atoms with Crippen molar-refractivity contribution in [2.45, 2.75) is 40.5 Å². The van der Waals surface area contributed by atoms with E-state index < -0.39 is 0 Å². The number of rotatable bonds is 7. The Balaban J connectivity index is 2.35. The predicted molar refractivity (Wildman–Crippen MR) is 76.3 cm³/mol. The van der Waals surface area contributed by atoms with E-state index in [1.807, 2.05) is 6.07 Å². The summed E-state index contributed by atoms with van der Waals surface area (Å²) >= 11 is 0. The fourth-order valence-corrected chi connectivity index (χ4v) is 2.08. The van der Waals surface area contributed by atoms with Gasteiger partial charge < -0.3 is 5.32 Å². The van der Waals surface area contributed by atoms with Crippen molar-refractivity contribution >= 4 is 0 Å². The van der Waals surface area contributed by atoms with E-state index in [2.05, 4.69) is 33.0 Å². The van der Waals surface area contributed by atoms with Gasteiger partial charge in [0.15, 0.2) is 0 Å². The third-order valence-corrected chi connectivity index (χ3v) is 3.25. The highest BCUT2D eigenvalue weighted by atomic mass is 19.1. The summed E-state index contributed by atoms with van der Waals surface area (Å²) in [6, 6.07) is 5.08. The molecule has 0 aromatic heterocycles. The lowest BCUT2D eigenvalue weighted by atomic mass is 9.95. The van der Waals surface area contributed by atoms with Gasteiger partial charge in [-0.1, -0.05) is 26.8 Å². The molecule has 102 valence electrons. The summed E-state index contributed by atoms with van der Waals surface area (Å²) in [6.07, 6.45) is 2.11. The van der Waals surface area contributed by atoms with Crippen LogP contribution in [-0.2, 0) is 6.42 Å². The molecular formula is C16H26FN. The second-order valence-electron chi connectivity index (χ2n) is 5.77. The number of nitrogens with one attached hydrogen (secondary N) is 1. The smallest absolute Gasteiger partial charge is 0.123 e. The van der Waals surface area contributed by atoms with Gasteiger partial charge >= 0.3 is 0 Å². The molecule has 0 aliphatic heterocycles. The van der Waals surface area contributed by atoms with E-state index in [4.69, 9.17) is 0 Å². The van der Waals surface area contributed by atoms with Crippen LogP contribution < -0.4 is 5.32 Å². The van der Waals surface area contributed by atoms with Gasteiger partial charge in [0.2, 0.25) is 0 Å². The SMILES string of the molecule is Cc1ccc(F)cc1CC(C)CCNCC(C)C. The van der Waals surface area contributed by atoms with Gasteiger partial charge in [0.25, 0.3) is 0 Å². The van der Waals surface area contributed by atoms with Crippen molar-refractivity contribution < 1.29 is 4.39 Å². The van der Waals surface area contributed by atoms with Crippen molar-refractivity contribution in [1.29, 1.82) is 0 Å². The van der Waals surface area contributed by atoms with Crippen molar-refractivity contribution in [3.63, 3.8) is 0 Å². The Labute approximate surface area is 111 Å². The lowest BCUT2D eigenvalue weighted by Gasteiger charge is -2.14. The fourth-order valence-electron chi connectivity index (χ4n) is 2.08. The van der Waals surface area contributed by atoms with Crippen LogP contribution in [-0.4, -0.2) is 13.1 Å². The summed E-state index contributed by atoms with van der Waals surface area (Å²) in [7, 11) is 0. The van der Waals surface area contributed by atoms with E-state index in [-0.39, 0.29) is 5.82 Å². The zero-order chi connectivity index (χ0) is 13.5. The summed E-state index contributed by atoms with van der Waals surface area (Å²) in [4.78, 5) is 0. The van der Waals surface area contributed by atoms with Crippen LogP contribution in [0.15, 0.2) is 18.2 Å². The summed E-state index contributed by atoms with van der Waals surface area (Å²) in [5, 5.41) is 3.45. The van der Waals surface area contributed by atoms with E-state index in [1.165, 1.54) is 11.6 Å². The molecule has 1 rings (SSSR count). The summed E-state index contributed by atoms with van der Waals surface area (Å²) < 4.78 is 13.2. The molecule has 18 heavy (non-hydrogen) atoms. The Morgan fingerprint density at radius 2 is 1.94 bits per heavy atom. The van der Waals surface area contributed by atoms with Crippen LogP contribution >= 0.6 is 0 Å². The van der Waals surface area contributed by atoms with Gasteiger partial charge in [-0.05, 0) is 68.0 Å². The average Bonchev–Trinajstić information content (AvgIpc) is 2.29. The van der Waals surface area contributed by atoms with Gasteiger partial charge in [-0.2, -0.15) is 0 Å². The zero-order valence-corrected chi connectivity index (χ0v) is 12.1. The number of aryl methyl sites for hydroxylation is 1. The van der Waals surface area contributed by atoms with E-state index in [1.54, 1.807) is 6.07 Å². The van der Waals surface area contributed by atoms with Gasteiger partial charge in [-0.25, -0.2) is 4.39 Å². The van der Waals surface area contributed by atoms with Crippen molar-refractivity contribution in [2.75, 3.05) is 13.1 Å². The van der Waals surface area contributed by atoms with Crippen molar-refractivity contribution in [2.24, 2.45) is 11.8 Å². The standard InChI is InChI=1S/C16H26FN/c1-12(2)11-18-8-7-13(3)9-15-10-16(17)6-5-14(15)4/h5-6,10,12-13,18H,7-9,11H2,1-4H3. The topological polar surface area (TPSA) is 12.0 Å². The Hall–Kier alpha value is -0.890. The fraction of sp³-hybridized carbons (Fsp3) is 0.625. The van der Waals surface area contributed by atoms with Gasteiger partial charge in [0, 0.05) is 0 Å². The van der Waals surface area contributed by atoms with Gasteiger partial charge in [-0.3, -0.25) is 0 Å². The molecule has 0 aliphatic carbocycles. The number of hydrogen-bond acceptors (Lipinski definition) is 1. The van der Waals surface area contributed by atoms with Crippen LogP contribution in [0.5, 0.6) is 0 Å². The van der Waals surface area contributed by atoms with Gasteiger partial charge in [0.1, 0.15) is 5.82 Å². The zero-order valence-electron chi connectivity index (χ0n) is 12.1. The minimum atomic E-state index is -0.124. The molecule has 0 bridgehead atoms. The van der Waals surface area contributed by atoms with E-state index in [9.17, 15) is 4.39 Å². The third kappa shape index (κ3) is 5.63. The van der Waals surface area contributed by atoms with E-state index in [0.29, 0.717) is 11.8 Å². The Morgan fingerprint density at radius 3 is 2.61 bits per heavy atom. The third-order valence-electron chi connectivity index (χ3n) is 3.25. The van der Waals surface area contributed by atoms with Gasteiger partial charge in [-0.15, -0.1) is 0 Å². The molecule has 1 unspecified atom stereocenters. The van der Waals surface area contributed by atoms with E-state index in [0.717, 1.165) is 31.5 Å². The Bertz CT molecular complexity index is 360. The van der Waals surface area contributed by atoms with Crippen molar-refractivity contribution in [3.05, 3.63) is 35.1 Å². The maximum Gasteiger partial charge on any atom is 0.123 e.